The van der Waals surface area contributed by atoms with Crippen molar-refractivity contribution in [3.05, 3.63) is 98.0 Å². The van der Waals surface area contributed by atoms with Crippen molar-refractivity contribution in [2.24, 2.45) is 5.18 Å². The second-order valence-corrected chi connectivity index (χ2v) is 11.8. The maximum Gasteiger partial charge on any atom is 0.262 e. The minimum absolute atomic E-state index is 0.170. The summed E-state index contributed by atoms with van der Waals surface area (Å²) in [7, 11) is 1.66. The molecule has 40 heavy (non-hydrogen) atoms. The molecule has 4 aromatic rings. The van der Waals surface area contributed by atoms with Gasteiger partial charge in [0.05, 0.1) is 17.0 Å². The average Bonchev–Trinajstić information content (AvgIpc) is 3.40. The van der Waals surface area contributed by atoms with Crippen LogP contribution in [0.2, 0.25) is 5.02 Å². The molecule has 3 aromatic carbocycles. The Kier molecular flexibility index (Phi) is 9.73. The molecule has 0 saturated heterocycles. The fourth-order valence-electron chi connectivity index (χ4n) is 4.06. The van der Waals surface area contributed by atoms with E-state index in [4.69, 9.17) is 16.3 Å². The summed E-state index contributed by atoms with van der Waals surface area (Å²) in [4.78, 5) is 25.0. The van der Waals surface area contributed by atoms with Gasteiger partial charge in [0.15, 0.2) is 0 Å². The van der Waals surface area contributed by atoms with Crippen LogP contribution in [0.15, 0.2) is 82.2 Å². The molecule has 0 atom stereocenters. The number of carbonyl (C=O) groups excluding carboxylic acids is 1. The van der Waals surface area contributed by atoms with Crippen molar-refractivity contribution in [1.82, 2.24) is 5.32 Å². The van der Waals surface area contributed by atoms with Gasteiger partial charge in [-0.3, -0.25) is 4.79 Å². The largest absolute Gasteiger partial charge is 0.496 e. The van der Waals surface area contributed by atoms with Crippen LogP contribution in [0.4, 0.5) is 11.4 Å². The summed E-state index contributed by atoms with van der Waals surface area (Å²) in [5.41, 5.74) is 5.02. The van der Waals surface area contributed by atoms with E-state index in [0.717, 1.165) is 44.3 Å². The van der Waals surface area contributed by atoms with Gasteiger partial charge in [-0.1, -0.05) is 41.0 Å². The molecule has 1 aromatic heterocycles. The molecule has 0 saturated carbocycles. The second kappa shape index (κ2) is 13.2. The topological polar surface area (TPSA) is 91.8 Å². The number of nitrogens with zero attached hydrogens (tertiary/aromatic N) is 1. The summed E-state index contributed by atoms with van der Waals surface area (Å²) in [5, 5.41) is 11.8. The van der Waals surface area contributed by atoms with Crippen LogP contribution in [0, 0.1) is 11.8 Å². The Balaban J connectivity index is 1.42. The van der Waals surface area contributed by atoms with E-state index < -0.39 is 5.54 Å². The molecule has 208 valence electrons. The lowest BCUT2D eigenvalue weighted by Gasteiger charge is -2.18. The average molecular weight is 595 g/mol. The van der Waals surface area contributed by atoms with Gasteiger partial charge in [0.25, 0.3) is 5.91 Å². The molecule has 0 bridgehead atoms. The molecular weight excluding hydrogens is 564 g/mol. The van der Waals surface area contributed by atoms with Crippen LogP contribution in [-0.4, -0.2) is 26.1 Å². The first-order valence-corrected chi connectivity index (χ1v) is 14.7. The number of thiophene rings is 1. The summed E-state index contributed by atoms with van der Waals surface area (Å²) < 4.78 is 9.08. The number of anilines is 2. The van der Waals surface area contributed by atoms with Crippen molar-refractivity contribution in [3.63, 3.8) is 0 Å². The van der Waals surface area contributed by atoms with Gasteiger partial charge < -0.3 is 20.1 Å². The Bertz CT molecular complexity index is 1510. The molecule has 0 fully saturated rings. The van der Waals surface area contributed by atoms with E-state index >= 15 is 0 Å². The molecule has 3 N–H and O–H groups in total. The van der Waals surface area contributed by atoms with Gasteiger partial charge in [0.2, 0.25) is 0 Å². The summed E-state index contributed by atoms with van der Waals surface area (Å²) >= 11 is 8.81. The van der Waals surface area contributed by atoms with Crippen LogP contribution in [0.1, 0.15) is 34.6 Å². The Morgan fingerprint density at radius 2 is 1.82 bits per heavy atom. The number of rotatable bonds is 12. The van der Waals surface area contributed by atoms with Gasteiger partial charge in [-0.05, 0) is 103 Å². The van der Waals surface area contributed by atoms with Crippen molar-refractivity contribution in [2.45, 2.75) is 31.2 Å². The van der Waals surface area contributed by atoms with E-state index in [1.807, 2.05) is 75.4 Å². The standard InChI is InChI=1S/C30H31ClN4O3S2/c1-19-15-26(38-4)27(18-24(19)20-7-5-8-21(16-20)30(2,3)35-37)40-34-23-10-6-9-22(17-23)32-12-13-33-29(36)28-25(31)11-14-39-28/h5-11,14-18,32,34H,12-13H2,1-4H3,(H,33,36). The van der Waals surface area contributed by atoms with Gasteiger partial charge in [-0.25, -0.2) is 0 Å². The van der Waals surface area contributed by atoms with Crippen molar-refractivity contribution in [3.8, 4) is 16.9 Å². The van der Waals surface area contributed by atoms with E-state index in [1.54, 1.807) is 18.6 Å². The highest BCUT2D eigenvalue weighted by molar-refractivity contribution is 8.00. The van der Waals surface area contributed by atoms with E-state index in [-0.39, 0.29) is 5.91 Å². The first kappa shape index (κ1) is 29.5. The van der Waals surface area contributed by atoms with Gasteiger partial charge in [-0.2, -0.15) is 0 Å². The normalized spacial score (nSPS) is 11.1. The fraction of sp³-hybridized carbons (Fsp3) is 0.233. The van der Waals surface area contributed by atoms with Crippen molar-refractivity contribution < 1.29 is 9.53 Å². The first-order valence-electron chi connectivity index (χ1n) is 12.6. The highest BCUT2D eigenvalue weighted by Gasteiger charge is 2.22. The smallest absolute Gasteiger partial charge is 0.262 e. The Morgan fingerprint density at radius 3 is 2.55 bits per heavy atom. The third-order valence-corrected chi connectivity index (χ3v) is 8.54. The second-order valence-electron chi connectivity index (χ2n) is 9.61. The van der Waals surface area contributed by atoms with Gasteiger partial charge >= 0.3 is 0 Å². The van der Waals surface area contributed by atoms with Crippen LogP contribution in [0.3, 0.4) is 0 Å². The van der Waals surface area contributed by atoms with E-state index in [9.17, 15) is 9.70 Å². The number of nitroso groups, excluding NO2 is 1. The Labute approximate surface area is 247 Å². The predicted octanol–water partition coefficient (Wildman–Crippen LogP) is 8.35. The van der Waals surface area contributed by atoms with Crippen molar-refractivity contribution in [1.29, 1.82) is 0 Å². The van der Waals surface area contributed by atoms with E-state index in [0.29, 0.717) is 23.0 Å². The number of ether oxygens (including phenoxy) is 1. The lowest BCUT2D eigenvalue weighted by molar-refractivity contribution is 0.0959. The monoisotopic (exact) mass is 594 g/mol. The van der Waals surface area contributed by atoms with E-state index in [1.165, 1.54) is 23.3 Å². The van der Waals surface area contributed by atoms with Crippen LogP contribution < -0.4 is 20.1 Å². The summed E-state index contributed by atoms with van der Waals surface area (Å²) in [6.45, 7) is 6.69. The minimum Gasteiger partial charge on any atom is -0.496 e. The number of hydrogen-bond acceptors (Lipinski definition) is 8. The van der Waals surface area contributed by atoms with Crippen LogP contribution in [-0.2, 0) is 5.54 Å². The van der Waals surface area contributed by atoms with Crippen molar-refractivity contribution >= 4 is 52.2 Å². The minimum atomic E-state index is -0.808. The third-order valence-electron chi connectivity index (χ3n) is 6.32. The molecule has 0 aliphatic heterocycles. The number of methoxy groups -OCH3 is 1. The number of halogens is 1. The van der Waals surface area contributed by atoms with Gasteiger partial charge in [0.1, 0.15) is 16.2 Å². The molecule has 0 radical (unpaired) electrons. The van der Waals surface area contributed by atoms with E-state index in [2.05, 4.69) is 26.6 Å². The molecule has 0 aliphatic rings. The number of carbonyl (C=O) groups is 1. The zero-order valence-corrected chi connectivity index (χ0v) is 25.1. The molecule has 0 unspecified atom stereocenters. The highest BCUT2D eigenvalue weighted by Crippen LogP contribution is 2.38. The number of aryl methyl sites for hydroxylation is 1. The number of amides is 1. The van der Waals surface area contributed by atoms with Crippen LogP contribution >= 0.6 is 34.9 Å². The fourth-order valence-corrected chi connectivity index (χ4v) is 5.89. The number of benzene rings is 3. The quantitative estimate of drug-likeness (QED) is 0.0867. The molecule has 4 rings (SSSR count). The molecule has 0 aliphatic carbocycles. The molecule has 1 heterocycles. The maximum absolute atomic E-state index is 12.2. The van der Waals surface area contributed by atoms with Gasteiger partial charge in [-0.15, -0.1) is 16.2 Å². The summed E-state index contributed by atoms with van der Waals surface area (Å²) in [5.74, 6) is 0.594. The molecular formula is C30H31ClN4O3S2. The summed E-state index contributed by atoms with van der Waals surface area (Å²) in [6, 6.07) is 21.7. The van der Waals surface area contributed by atoms with Crippen molar-refractivity contribution in [2.75, 3.05) is 30.2 Å². The lowest BCUT2D eigenvalue weighted by Crippen LogP contribution is -2.28. The molecule has 1 amide bonds. The Hall–Kier alpha value is -3.53. The zero-order valence-electron chi connectivity index (χ0n) is 22.7. The lowest BCUT2D eigenvalue weighted by atomic mass is 9.91. The van der Waals surface area contributed by atoms with Crippen LogP contribution in [0.25, 0.3) is 11.1 Å². The zero-order chi connectivity index (χ0) is 28.7. The number of hydrogen-bond donors (Lipinski definition) is 3. The van der Waals surface area contributed by atoms with Crippen LogP contribution in [0.5, 0.6) is 5.75 Å². The van der Waals surface area contributed by atoms with Gasteiger partial charge in [0, 0.05) is 24.5 Å². The molecule has 0 spiro atoms. The number of nitrogens with one attached hydrogen (secondary N) is 3. The molecule has 7 nitrogen and oxygen atoms in total. The Morgan fingerprint density at radius 1 is 1.05 bits per heavy atom. The SMILES string of the molecule is COc1cc(C)c(-c2cccc(C(C)(C)N=O)c2)cc1SNc1cccc(NCCNC(=O)c2sccc2Cl)c1. The first-order chi connectivity index (χ1) is 19.2. The predicted molar refractivity (Wildman–Crippen MR) is 168 cm³/mol. The summed E-state index contributed by atoms with van der Waals surface area (Å²) in [6.07, 6.45) is 0. The highest BCUT2D eigenvalue weighted by atomic mass is 35.5. The maximum atomic E-state index is 12.2. The molecule has 10 heteroatoms. The third kappa shape index (κ3) is 7.15.